The summed E-state index contributed by atoms with van der Waals surface area (Å²) in [5.74, 6) is -0.607. The van der Waals surface area contributed by atoms with Gasteiger partial charge in [0.05, 0.1) is 12.7 Å². The van der Waals surface area contributed by atoms with E-state index in [4.69, 9.17) is 9.47 Å². The summed E-state index contributed by atoms with van der Waals surface area (Å²) in [5, 5.41) is 21.7. The Kier molecular flexibility index (Phi) is 8.39. The number of methoxy groups -OCH3 is 1. The van der Waals surface area contributed by atoms with Crippen molar-refractivity contribution in [2.45, 2.75) is 38.6 Å². The Morgan fingerprint density at radius 2 is 1.80 bits per heavy atom. The van der Waals surface area contributed by atoms with Gasteiger partial charge >= 0.3 is 5.97 Å². The van der Waals surface area contributed by atoms with Gasteiger partial charge in [0.2, 0.25) is 0 Å². The molecule has 0 aliphatic carbocycles. The van der Waals surface area contributed by atoms with Crippen LogP contribution in [0.2, 0.25) is 0 Å². The molecule has 0 atom stereocenters. The van der Waals surface area contributed by atoms with Crippen molar-refractivity contribution in [1.29, 1.82) is 0 Å². The van der Waals surface area contributed by atoms with Gasteiger partial charge in [-0.05, 0) is 55.5 Å². The van der Waals surface area contributed by atoms with Crippen LogP contribution in [0.5, 0.6) is 0 Å². The molecule has 2 aromatic rings. The van der Waals surface area contributed by atoms with Gasteiger partial charge in [0.1, 0.15) is 0 Å². The Morgan fingerprint density at radius 3 is 2.40 bits per heavy atom. The van der Waals surface area contributed by atoms with E-state index in [2.05, 4.69) is 17.9 Å². The Bertz CT molecular complexity index is 1010. The summed E-state index contributed by atoms with van der Waals surface area (Å²) in [6.45, 7) is 7.66. The quantitative estimate of drug-likeness (QED) is 0.441. The molecule has 2 fully saturated rings. The minimum absolute atomic E-state index is 0.350. The average Bonchev–Trinajstić information content (AvgIpc) is 2.90. The van der Waals surface area contributed by atoms with Crippen molar-refractivity contribution in [3.63, 3.8) is 0 Å². The second-order valence-electron chi connectivity index (χ2n) is 9.10. The molecule has 35 heavy (non-hydrogen) atoms. The molecule has 0 bridgehead atoms. The molecule has 2 heterocycles. The summed E-state index contributed by atoms with van der Waals surface area (Å²) in [4.78, 5) is 16.7. The predicted octanol–water partition coefficient (Wildman–Crippen LogP) is 3.60. The number of anilines is 1. The molecule has 0 amide bonds. The highest BCUT2D eigenvalue weighted by Crippen LogP contribution is 2.35. The predicted molar refractivity (Wildman–Crippen MR) is 140 cm³/mol. The molecule has 7 nitrogen and oxygen atoms in total. The van der Waals surface area contributed by atoms with Crippen molar-refractivity contribution < 1.29 is 24.5 Å². The second-order valence-corrected chi connectivity index (χ2v) is 10.3. The van der Waals surface area contributed by atoms with Gasteiger partial charge in [0.15, 0.2) is 0 Å². The maximum atomic E-state index is 12.7. The summed E-state index contributed by atoms with van der Waals surface area (Å²) in [7, 11) is 1.40. The molecule has 2 aliphatic rings. The number of aliphatic hydroxyl groups is 2. The highest BCUT2D eigenvalue weighted by molar-refractivity contribution is 7.99. The summed E-state index contributed by atoms with van der Waals surface area (Å²) in [6.07, 6.45) is 1.90. The molecule has 2 aliphatic heterocycles. The van der Waals surface area contributed by atoms with Crippen molar-refractivity contribution in [3.8, 4) is 11.1 Å². The van der Waals surface area contributed by atoms with E-state index in [0.29, 0.717) is 30.3 Å². The first-order valence-electron chi connectivity index (χ1n) is 12.3. The topological polar surface area (TPSA) is 82.5 Å². The molecule has 0 aromatic heterocycles. The average molecular weight is 501 g/mol. The van der Waals surface area contributed by atoms with Gasteiger partial charge in [-0.1, -0.05) is 24.3 Å². The number of thioether (sulfide) groups is 1. The molecule has 8 heteroatoms. The number of hydrogen-bond acceptors (Lipinski definition) is 8. The molecule has 2 N–H and O–H groups in total. The fourth-order valence-corrected chi connectivity index (χ4v) is 5.96. The SMILES string of the molecule is CCN(c1cc(-c2ccc(C(O)(O)N3CCSCC3)cc2)cc(C(=O)OC)c1C)C1CCOCC1. The third kappa shape index (κ3) is 5.52. The fraction of sp³-hybridized carbons (Fsp3) is 0.519. The molecule has 0 saturated carbocycles. The standard InChI is InChI=1S/C27H36N2O5S/c1-4-29(23-9-13-34-14-10-23)25-18-21(17-24(19(25)2)26(30)33-3)20-5-7-22(8-6-20)27(31,32)28-11-15-35-16-12-28/h5-8,17-18,23,31-32H,4,9-16H2,1-3H3. The molecule has 2 aromatic carbocycles. The maximum absolute atomic E-state index is 12.7. The number of esters is 1. The highest BCUT2D eigenvalue weighted by Gasteiger charge is 2.35. The maximum Gasteiger partial charge on any atom is 0.338 e. The van der Waals surface area contributed by atoms with Crippen LogP contribution < -0.4 is 4.90 Å². The number of rotatable bonds is 7. The number of benzene rings is 2. The molecule has 0 unspecified atom stereocenters. The Hall–Kier alpha value is -2.10. The van der Waals surface area contributed by atoms with Gasteiger partial charge in [-0.25, -0.2) is 9.69 Å². The number of carbonyl (C=O) groups is 1. The highest BCUT2D eigenvalue weighted by atomic mass is 32.2. The van der Waals surface area contributed by atoms with Crippen LogP contribution >= 0.6 is 11.8 Å². The number of hydrogen-bond donors (Lipinski definition) is 2. The first-order valence-corrected chi connectivity index (χ1v) is 13.5. The largest absolute Gasteiger partial charge is 0.465 e. The number of ether oxygens (including phenoxy) is 2. The lowest BCUT2D eigenvalue weighted by molar-refractivity contribution is -0.273. The van der Waals surface area contributed by atoms with Crippen molar-refractivity contribution in [3.05, 3.63) is 53.1 Å². The summed E-state index contributed by atoms with van der Waals surface area (Å²) < 4.78 is 10.7. The van der Waals surface area contributed by atoms with Crippen molar-refractivity contribution in [1.82, 2.24) is 4.90 Å². The lowest BCUT2D eigenvalue weighted by Gasteiger charge is -2.37. The van der Waals surface area contributed by atoms with Gasteiger partial charge in [-0.3, -0.25) is 0 Å². The zero-order valence-corrected chi connectivity index (χ0v) is 21.6. The number of nitrogens with zero attached hydrogens (tertiary/aromatic N) is 2. The van der Waals surface area contributed by atoms with E-state index in [-0.39, 0.29) is 5.97 Å². The van der Waals surface area contributed by atoms with E-state index >= 15 is 0 Å². The first-order chi connectivity index (χ1) is 16.9. The minimum Gasteiger partial charge on any atom is -0.465 e. The molecule has 2 saturated heterocycles. The zero-order chi connectivity index (χ0) is 25.0. The van der Waals surface area contributed by atoms with E-state index < -0.39 is 5.91 Å². The molecule has 4 rings (SSSR count). The minimum atomic E-state index is -2.00. The third-order valence-corrected chi connectivity index (χ3v) is 8.07. The summed E-state index contributed by atoms with van der Waals surface area (Å²) in [5.41, 5.74) is 4.68. The summed E-state index contributed by atoms with van der Waals surface area (Å²) >= 11 is 1.82. The van der Waals surface area contributed by atoms with Crippen LogP contribution in [0.4, 0.5) is 5.69 Å². The zero-order valence-electron chi connectivity index (χ0n) is 20.8. The fourth-order valence-electron chi connectivity index (χ4n) is 5.05. The molecule has 0 spiro atoms. The van der Waals surface area contributed by atoms with E-state index in [1.807, 2.05) is 36.9 Å². The van der Waals surface area contributed by atoms with E-state index in [9.17, 15) is 15.0 Å². The first kappa shape index (κ1) is 26.0. The van der Waals surface area contributed by atoms with E-state index in [1.54, 1.807) is 17.0 Å². The van der Waals surface area contributed by atoms with Crippen molar-refractivity contribution >= 4 is 23.4 Å². The van der Waals surface area contributed by atoms with E-state index in [1.165, 1.54) is 7.11 Å². The van der Waals surface area contributed by atoms with Gasteiger partial charge < -0.3 is 24.6 Å². The van der Waals surface area contributed by atoms with Crippen LogP contribution in [0.3, 0.4) is 0 Å². The monoisotopic (exact) mass is 500 g/mol. The Balaban J connectivity index is 1.70. The molecular weight excluding hydrogens is 464 g/mol. The Morgan fingerprint density at radius 1 is 1.14 bits per heavy atom. The van der Waals surface area contributed by atoms with Gasteiger partial charge in [0, 0.05) is 61.6 Å². The van der Waals surface area contributed by atoms with Crippen LogP contribution in [-0.4, -0.2) is 78.6 Å². The van der Waals surface area contributed by atoms with Crippen LogP contribution in [-0.2, 0) is 15.4 Å². The van der Waals surface area contributed by atoms with Crippen LogP contribution in [0.1, 0.15) is 41.3 Å². The van der Waals surface area contributed by atoms with Crippen LogP contribution in [0.25, 0.3) is 11.1 Å². The normalized spacial score (nSPS) is 17.9. The molecule has 0 radical (unpaired) electrons. The van der Waals surface area contributed by atoms with Gasteiger partial charge in [-0.15, -0.1) is 0 Å². The van der Waals surface area contributed by atoms with Crippen LogP contribution in [0.15, 0.2) is 36.4 Å². The second kappa shape index (κ2) is 11.3. The van der Waals surface area contributed by atoms with Crippen molar-refractivity contribution in [2.24, 2.45) is 0 Å². The lowest BCUT2D eigenvalue weighted by atomic mass is 9.95. The van der Waals surface area contributed by atoms with Gasteiger partial charge in [-0.2, -0.15) is 11.8 Å². The van der Waals surface area contributed by atoms with Gasteiger partial charge in [0.25, 0.3) is 5.91 Å². The molecular formula is C27H36N2O5S. The number of carbonyl (C=O) groups excluding carboxylic acids is 1. The lowest BCUT2D eigenvalue weighted by Crippen LogP contribution is -2.49. The Labute approximate surface area is 212 Å². The summed E-state index contributed by atoms with van der Waals surface area (Å²) in [6, 6.07) is 11.6. The van der Waals surface area contributed by atoms with Crippen molar-refractivity contribution in [2.75, 3.05) is 56.4 Å². The smallest absolute Gasteiger partial charge is 0.338 e. The third-order valence-electron chi connectivity index (χ3n) is 7.12. The molecule has 190 valence electrons. The van der Waals surface area contributed by atoms with Crippen LogP contribution in [0, 0.1) is 6.92 Å². The van der Waals surface area contributed by atoms with E-state index in [0.717, 1.165) is 66.5 Å².